The van der Waals surface area contributed by atoms with Gasteiger partial charge < -0.3 is 15.2 Å². The fraction of sp³-hybridized carbons (Fsp3) is 0.250. The number of ether oxygens (including phenoxy) is 2. The standard InChI is InChI=1S/C12H14N2O2S/c1-8-14-9(7-17-8)6-16-10-3-4-12(15-2)11(13)5-10/h3-5,7H,6,13H2,1-2H3. The number of hydrogen-bond donors (Lipinski definition) is 1. The lowest BCUT2D eigenvalue weighted by Gasteiger charge is -2.08. The van der Waals surface area contributed by atoms with Crippen molar-refractivity contribution in [3.63, 3.8) is 0 Å². The van der Waals surface area contributed by atoms with Crippen LogP contribution in [0.4, 0.5) is 5.69 Å². The quantitative estimate of drug-likeness (QED) is 0.847. The zero-order chi connectivity index (χ0) is 12.3. The van der Waals surface area contributed by atoms with Crippen LogP contribution in [0.25, 0.3) is 0 Å². The molecule has 2 aromatic rings. The van der Waals surface area contributed by atoms with Gasteiger partial charge in [-0.3, -0.25) is 0 Å². The van der Waals surface area contributed by atoms with Gasteiger partial charge in [-0.2, -0.15) is 0 Å². The summed E-state index contributed by atoms with van der Waals surface area (Å²) in [7, 11) is 1.59. The first kappa shape index (κ1) is 11.7. The fourth-order valence-corrected chi connectivity index (χ4v) is 2.03. The van der Waals surface area contributed by atoms with Crippen LogP contribution in [0.5, 0.6) is 11.5 Å². The van der Waals surface area contributed by atoms with Crippen molar-refractivity contribution in [2.24, 2.45) is 0 Å². The first-order valence-corrected chi connectivity index (χ1v) is 6.04. The van der Waals surface area contributed by atoms with Crippen molar-refractivity contribution < 1.29 is 9.47 Å². The Hall–Kier alpha value is -1.75. The minimum absolute atomic E-state index is 0.454. The number of methoxy groups -OCH3 is 1. The summed E-state index contributed by atoms with van der Waals surface area (Å²) in [4.78, 5) is 4.32. The molecule has 90 valence electrons. The Bertz CT molecular complexity index is 511. The monoisotopic (exact) mass is 250 g/mol. The summed E-state index contributed by atoms with van der Waals surface area (Å²) in [5, 5.41) is 3.03. The van der Waals surface area contributed by atoms with Crippen LogP contribution in [-0.4, -0.2) is 12.1 Å². The fourth-order valence-electron chi connectivity index (χ4n) is 1.43. The molecule has 0 amide bonds. The van der Waals surface area contributed by atoms with Crippen molar-refractivity contribution in [2.45, 2.75) is 13.5 Å². The molecule has 1 aromatic carbocycles. The SMILES string of the molecule is COc1ccc(OCc2csc(C)n2)cc1N. The zero-order valence-corrected chi connectivity index (χ0v) is 10.6. The van der Waals surface area contributed by atoms with Crippen LogP contribution in [-0.2, 0) is 6.61 Å². The van der Waals surface area contributed by atoms with E-state index < -0.39 is 0 Å². The Balaban J connectivity index is 2.02. The van der Waals surface area contributed by atoms with E-state index in [2.05, 4.69) is 4.98 Å². The van der Waals surface area contributed by atoms with Gasteiger partial charge in [-0.25, -0.2) is 4.98 Å². The average molecular weight is 250 g/mol. The molecule has 17 heavy (non-hydrogen) atoms. The molecule has 0 aliphatic rings. The summed E-state index contributed by atoms with van der Waals surface area (Å²) in [6.07, 6.45) is 0. The van der Waals surface area contributed by atoms with Crippen molar-refractivity contribution in [3.05, 3.63) is 34.3 Å². The minimum Gasteiger partial charge on any atom is -0.495 e. The molecule has 5 heteroatoms. The molecule has 0 radical (unpaired) electrons. The van der Waals surface area contributed by atoms with Gasteiger partial charge in [0.05, 0.1) is 23.5 Å². The summed E-state index contributed by atoms with van der Waals surface area (Å²) in [6.45, 7) is 2.43. The number of nitrogens with zero attached hydrogens (tertiary/aromatic N) is 1. The number of nitrogen functional groups attached to an aromatic ring is 1. The largest absolute Gasteiger partial charge is 0.495 e. The summed E-state index contributed by atoms with van der Waals surface area (Å²) in [5.41, 5.74) is 7.29. The van der Waals surface area contributed by atoms with Gasteiger partial charge in [0.15, 0.2) is 0 Å². The van der Waals surface area contributed by atoms with Crippen LogP contribution in [0.15, 0.2) is 23.6 Å². The van der Waals surface area contributed by atoms with Crippen LogP contribution < -0.4 is 15.2 Å². The lowest BCUT2D eigenvalue weighted by atomic mass is 10.3. The second-order valence-electron chi connectivity index (χ2n) is 3.55. The maximum absolute atomic E-state index is 5.79. The Kier molecular flexibility index (Phi) is 3.49. The van der Waals surface area contributed by atoms with Crippen molar-refractivity contribution in [2.75, 3.05) is 12.8 Å². The second kappa shape index (κ2) is 5.05. The van der Waals surface area contributed by atoms with Gasteiger partial charge in [-0.1, -0.05) is 0 Å². The molecule has 0 atom stereocenters. The average Bonchev–Trinajstić information content (AvgIpc) is 2.73. The van der Waals surface area contributed by atoms with Crippen LogP contribution in [0.2, 0.25) is 0 Å². The molecule has 0 fully saturated rings. The number of aryl methyl sites for hydroxylation is 1. The predicted molar refractivity (Wildman–Crippen MR) is 68.6 cm³/mol. The van der Waals surface area contributed by atoms with Crippen molar-refractivity contribution in [1.29, 1.82) is 0 Å². The maximum atomic E-state index is 5.79. The molecule has 0 bridgehead atoms. The van der Waals surface area contributed by atoms with Crippen molar-refractivity contribution >= 4 is 17.0 Å². The Morgan fingerprint density at radius 1 is 1.41 bits per heavy atom. The van der Waals surface area contributed by atoms with Gasteiger partial charge in [-0.15, -0.1) is 11.3 Å². The van der Waals surface area contributed by atoms with Gasteiger partial charge in [0, 0.05) is 11.4 Å². The van der Waals surface area contributed by atoms with E-state index in [1.807, 2.05) is 18.4 Å². The molecule has 2 N–H and O–H groups in total. The van der Waals surface area contributed by atoms with E-state index in [-0.39, 0.29) is 0 Å². The number of nitrogens with two attached hydrogens (primary N) is 1. The molecular formula is C12H14N2O2S. The highest BCUT2D eigenvalue weighted by Gasteiger charge is 2.03. The number of benzene rings is 1. The molecule has 0 spiro atoms. The third kappa shape index (κ3) is 2.88. The van der Waals surface area contributed by atoms with Crippen LogP contribution in [0.1, 0.15) is 10.7 Å². The number of aromatic nitrogens is 1. The molecule has 0 aliphatic carbocycles. The number of thiazole rings is 1. The highest BCUT2D eigenvalue weighted by molar-refractivity contribution is 7.09. The van der Waals surface area contributed by atoms with Crippen LogP contribution in [0.3, 0.4) is 0 Å². The minimum atomic E-state index is 0.454. The van der Waals surface area contributed by atoms with Gasteiger partial charge >= 0.3 is 0 Å². The summed E-state index contributed by atoms with van der Waals surface area (Å²) in [5.74, 6) is 1.37. The van der Waals surface area contributed by atoms with Crippen LogP contribution in [0, 0.1) is 6.92 Å². The molecule has 1 aromatic heterocycles. The molecule has 0 saturated heterocycles. The summed E-state index contributed by atoms with van der Waals surface area (Å²) >= 11 is 1.61. The topological polar surface area (TPSA) is 57.4 Å². The van der Waals surface area contributed by atoms with E-state index >= 15 is 0 Å². The molecular weight excluding hydrogens is 236 g/mol. The summed E-state index contributed by atoms with van der Waals surface area (Å²) < 4.78 is 10.7. The zero-order valence-electron chi connectivity index (χ0n) is 9.77. The molecule has 2 rings (SSSR count). The lowest BCUT2D eigenvalue weighted by molar-refractivity contribution is 0.301. The molecule has 4 nitrogen and oxygen atoms in total. The highest BCUT2D eigenvalue weighted by atomic mass is 32.1. The molecule has 0 saturated carbocycles. The normalized spacial score (nSPS) is 10.2. The van der Waals surface area contributed by atoms with E-state index in [9.17, 15) is 0 Å². The molecule has 0 aliphatic heterocycles. The number of anilines is 1. The lowest BCUT2D eigenvalue weighted by Crippen LogP contribution is -1.98. The van der Waals surface area contributed by atoms with Crippen molar-refractivity contribution in [1.82, 2.24) is 4.98 Å². The third-order valence-corrected chi connectivity index (χ3v) is 3.08. The van der Waals surface area contributed by atoms with Gasteiger partial charge in [0.1, 0.15) is 18.1 Å². The van der Waals surface area contributed by atoms with Gasteiger partial charge in [0.2, 0.25) is 0 Å². The Labute approximate surface area is 104 Å². The molecule has 0 unspecified atom stereocenters. The number of rotatable bonds is 4. The highest BCUT2D eigenvalue weighted by Crippen LogP contribution is 2.26. The Morgan fingerprint density at radius 2 is 2.24 bits per heavy atom. The number of hydrogen-bond acceptors (Lipinski definition) is 5. The van der Waals surface area contributed by atoms with E-state index in [0.29, 0.717) is 23.8 Å². The first-order valence-electron chi connectivity index (χ1n) is 5.16. The van der Waals surface area contributed by atoms with E-state index in [1.54, 1.807) is 30.6 Å². The van der Waals surface area contributed by atoms with E-state index in [4.69, 9.17) is 15.2 Å². The smallest absolute Gasteiger partial charge is 0.142 e. The third-order valence-electron chi connectivity index (χ3n) is 2.25. The second-order valence-corrected chi connectivity index (χ2v) is 4.61. The maximum Gasteiger partial charge on any atom is 0.142 e. The molecule has 1 heterocycles. The van der Waals surface area contributed by atoms with Gasteiger partial charge in [0.25, 0.3) is 0 Å². The summed E-state index contributed by atoms with van der Waals surface area (Å²) in [6, 6.07) is 5.36. The van der Waals surface area contributed by atoms with E-state index in [0.717, 1.165) is 10.7 Å². The van der Waals surface area contributed by atoms with Gasteiger partial charge in [-0.05, 0) is 19.1 Å². The van der Waals surface area contributed by atoms with E-state index in [1.165, 1.54) is 0 Å². The Morgan fingerprint density at radius 3 is 2.82 bits per heavy atom. The van der Waals surface area contributed by atoms with Crippen molar-refractivity contribution in [3.8, 4) is 11.5 Å². The first-order chi connectivity index (χ1) is 8.19. The van der Waals surface area contributed by atoms with Crippen LogP contribution >= 0.6 is 11.3 Å². The predicted octanol–water partition coefficient (Wildman–Crippen LogP) is 2.62.